The molecular weight excluding hydrogens is 308 g/mol. The molecule has 21 heavy (non-hydrogen) atoms. The van der Waals surface area contributed by atoms with Gasteiger partial charge in [-0.2, -0.15) is 0 Å². The van der Waals surface area contributed by atoms with E-state index >= 15 is 0 Å². The third kappa shape index (κ3) is 3.49. The number of anilines is 1. The molecule has 1 N–H and O–H groups in total. The second-order valence-electron chi connectivity index (χ2n) is 5.80. The molecule has 6 heteroatoms. The van der Waals surface area contributed by atoms with Gasteiger partial charge in [-0.15, -0.1) is 0 Å². The summed E-state index contributed by atoms with van der Waals surface area (Å²) in [7, 11) is 0. The summed E-state index contributed by atoms with van der Waals surface area (Å²) in [5, 5.41) is 3.17. The maximum absolute atomic E-state index is 12.6. The summed E-state index contributed by atoms with van der Waals surface area (Å²) >= 11 is 10.9. The molecule has 2 amide bonds. The summed E-state index contributed by atoms with van der Waals surface area (Å²) in [4.78, 5) is 25.9. The Kier molecular flexibility index (Phi) is 4.16. The number of benzene rings is 1. The predicted molar refractivity (Wildman–Crippen MR) is 87.2 cm³/mol. The van der Waals surface area contributed by atoms with Gasteiger partial charge in [-0.3, -0.25) is 19.8 Å². The summed E-state index contributed by atoms with van der Waals surface area (Å²) in [5.41, 5.74) is 0.354. The molecule has 4 nitrogen and oxygen atoms in total. The molecule has 0 aromatic heterocycles. The molecule has 2 rings (SSSR count). The van der Waals surface area contributed by atoms with Crippen LogP contribution in [0.2, 0.25) is 5.02 Å². The summed E-state index contributed by atoms with van der Waals surface area (Å²) in [6, 6.07) is 6.68. The van der Waals surface area contributed by atoms with Crippen molar-refractivity contribution in [3.05, 3.63) is 40.9 Å². The van der Waals surface area contributed by atoms with Crippen LogP contribution in [0.25, 0.3) is 0 Å². The van der Waals surface area contributed by atoms with Crippen molar-refractivity contribution in [2.45, 2.75) is 20.8 Å². The Balaban J connectivity index is 2.45. The molecule has 1 saturated heterocycles. The van der Waals surface area contributed by atoms with Gasteiger partial charge in [0.1, 0.15) is 5.57 Å². The van der Waals surface area contributed by atoms with E-state index in [9.17, 15) is 9.59 Å². The van der Waals surface area contributed by atoms with Crippen molar-refractivity contribution in [3.63, 3.8) is 0 Å². The normalized spacial score (nSPS) is 18.2. The first-order valence-electron chi connectivity index (χ1n) is 6.37. The molecule has 0 bridgehead atoms. The molecule has 1 aliphatic rings. The van der Waals surface area contributed by atoms with Crippen molar-refractivity contribution in [2.75, 3.05) is 4.90 Å². The predicted octanol–water partition coefficient (Wildman–Crippen LogP) is 3.06. The molecule has 0 atom stereocenters. The highest BCUT2D eigenvalue weighted by Gasteiger charge is 2.35. The van der Waals surface area contributed by atoms with Crippen LogP contribution in [0.4, 0.5) is 5.69 Å². The van der Waals surface area contributed by atoms with Crippen LogP contribution < -0.4 is 10.2 Å². The highest BCUT2D eigenvalue weighted by molar-refractivity contribution is 7.80. The van der Waals surface area contributed by atoms with Crippen LogP contribution in [0.15, 0.2) is 35.9 Å². The second kappa shape index (κ2) is 5.58. The van der Waals surface area contributed by atoms with E-state index < -0.39 is 11.8 Å². The highest BCUT2D eigenvalue weighted by atomic mass is 35.5. The standard InChI is InChI=1S/C15H15ClN2O2S/c1-15(2,3)8-11-12(19)17-14(21)18(13(11)20)10-6-4-9(16)5-7-10/h4-8H,1-3H3,(H,17,19,21)/b11-8-. The molecule has 0 radical (unpaired) electrons. The number of carbonyl (C=O) groups excluding carboxylic acids is 2. The zero-order valence-electron chi connectivity index (χ0n) is 11.9. The molecule has 1 aromatic rings. The van der Waals surface area contributed by atoms with E-state index in [1.807, 2.05) is 20.8 Å². The highest BCUT2D eigenvalue weighted by Crippen LogP contribution is 2.25. The summed E-state index contributed by atoms with van der Waals surface area (Å²) in [5.74, 6) is -0.897. The number of carbonyl (C=O) groups is 2. The Hall–Kier alpha value is -1.72. The Labute approximate surface area is 133 Å². The number of nitrogens with one attached hydrogen (secondary N) is 1. The fourth-order valence-corrected chi connectivity index (χ4v) is 2.32. The summed E-state index contributed by atoms with van der Waals surface area (Å²) in [6.45, 7) is 5.75. The first kappa shape index (κ1) is 15.7. The third-order valence-electron chi connectivity index (χ3n) is 2.76. The van der Waals surface area contributed by atoms with Crippen molar-refractivity contribution in [1.29, 1.82) is 0 Å². The molecule has 1 aliphatic heterocycles. The molecule has 0 spiro atoms. The minimum atomic E-state index is -0.467. The van der Waals surface area contributed by atoms with E-state index in [-0.39, 0.29) is 16.1 Å². The topological polar surface area (TPSA) is 49.4 Å². The fourth-order valence-electron chi connectivity index (χ4n) is 1.92. The first-order valence-corrected chi connectivity index (χ1v) is 7.16. The molecular formula is C15H15ClN2O2S. The van der Waals surface area contributed by atoms with Gasteiger partial charge < -0.3 is 0 Å². The lowest BCUT2D eigenvalue weighted by molar-refractivity contribution is -0.122. The van der Waals surface area contributed by atoms with Gasteiger partial charge in [0.15, 0.2) is 5.11 Å². The maximum Gasteiger partial charge on any atom is 0.269 e. The Bertz CT molecular complexity index is 645. The van der Waals surface area contributed by atoms with E-state index in [2.05, 4.69) is 5.32 Å². The number of thiocarbonyl (C=S) groups is 1. The van der Waals surface area contributed by atoms with Crippen LogP contribution in [0.3, 0.4) is 0 Å². The van der Waals surface area contributed by atoms with Gasteiger partial charge in [-0.1, -0.05) is 38.4 Å². The Morgan fingerprint density at radius 3 is 2.29 bits per heavy atom. The molecule has 0 unspecified atom stereocenters. The first-order chi connectivity index (χ1) is 9.69. The fraction of sp³-hybridized carbons (Fsp3) is 0.267. The largest absolute Gasteiger partial charge is 0.298 e. The number of halogens is 1. The Morgan fingerprint density at radius 2 is 1.76 bits per heavy atom. The van der Waals surface area contributed by atoms with Gasteiger partial charge in [-0.25, -0.2) is 0 Å². The van der Waals surface area contributed by atoms with Crippen LogP contribution in [0.1, 0.15) is 20.8 Å². The van der Waals surface area contributed by atoms with Crippen molar-refractivity contribution in [3.8, 4) is 0 Å². The smallest absolute Gasteiger partial charge is 0.269 e. The van der Waals surface area contributed by atoms with Crippen molar-refractivity contribution < 1.29 is 9.59 Å². The van der Waals surface area contributed by atoms with Crippen LogP contribution in [-0.2, 0) is 9.59 Å². The quantitative estimate of drug-likeness (QED) is 0.491. The minimum Gasteiger partial charge on any atom is -0.298 e. The van der Waals surface area contributed by atoms with Gasteiger partial charge in [0.25, 0.3) is 11.8 Å². The van der Waals surface area contributed by atoms with Gasteiger partial charge in [0.05, 0.1) is 5.69 Å². The van der Waals surface area contributed by atoms with E-state index in [0.717, 1.165) is 0 Å². The molecule has 1 aromatic carbocycles. The SMILES string of the molecule is CC(C)(C)/C=C1/C(=O)NC(=S)N(c2ccc(Cl)cc2)C1=O. The maximum atomic E-state index is 12.6. The third-order valence-corrected chi connectivity index (χ3v) is 3.30. The number of hydrogen-bond acceptors (Lipinski definition) is 3. The lowest BCUT2D eigenvalue weighted by atomic mass is 9.92. The number of nitrogens with zero attached hydrogens (tertiary/aromatic N) is 1. The van der Waals surface area contributed by atoms with E-state index in [0.29, 0.717) is 10.7 Å². The van der Waals surface area contributed by atoms with Gasteiger partial charge >= 0.3 is 0 Å². The molecule has 0 aliphatic carbocycles. The number of hydrogen-bond donors (Lipinski definition) is 1. The van der Waals surface area contributed by atoms with Crippen LogP contribution in [0, 0.1) is 5.41 Å². The van der Waals surface area contributed by atoms with E-state index in [1.54, 1.807) is 30.3 Å². The minimum absolute atomic E-state index is 0.0679. The summed E-state index contributed by atoms with van der Waals surface area (Å²) in [6.07, 6.45) is 1.65. The van der Waals surface area contributed by atoms with Crippen molar-refractivity contribution in [1.82, 2.24) is 5.32 Å². The summed E-state index contributed by atoms with van der Waals surface area (Å²) < 4.78 is 0. The number of allylic oxidation sites excluding steroid dienone is 1. The van der Waals surface area contributed by atoms with Crippen LogP contribution >= 0.6 is 23.8 Å². The van der Waals surface area contributed by atoms with E-state index in [4.69, 9.17) is 23.8 Å². The van der Waals surface area contributed by atoms with Gasteiger partial charge in [0.2, 0.25) is 0 Å². The van der Waals surface area contributed by atoms with Crippen molar-refractivity contribution in [2.24, 2.45) is 5.41 Å². The number of amides is 2. The van der Waals surface area contributed by atoms with Crippen molar-refractivity contribution >= 4 is 46.4 Å². The monoisotopic (exact) mass is 322 g/mol. The number of rotatable bonds is 1. The zero-order valence-corrected chi connectivity index (χ0v) is 13.5. The average molecular weight is 323 g/mol. The molecule has 1 heterocycles. The van der Waals surface area contributed by atoms with Gasteiger partial charge in [0, 0.05) is 5.02 Å². The lowest BCUT2D eigenvalue weighted by Crippen LogP contribution is -2.54. The van der Waals surface area contributed by atoms with Crippen LogP contribution in [-0.4, -0.2) is 16.9 Å². The molecule has 0 saturated carbocycles. The van der Waals surface area contributed by atoms with E-state index in [1.165, 1.54) is 4.90 Å². The second-order valence-corrected chi connectivity index (χ2v) is 6.62. The molecule has 110 valence electrons. The lowest BCUT2D eigenvalue weighted by Gasteiger charge is -2.30. The van der Waals surface area contributed by atoms with Crippen LogP contribution in [0.5, 0.6) is 0 Å². The zero-order chi connectivity index (χ0) is 15.8. The molecule has 1 fully saturated rings. The Morgan fingerprint density at radius 1 is 1.19 bits per heavy atom. The van der Waals surface area contributed by atoms with Gasteiger partial charge in [-0.05, 0) is 41.9 Å². The average Bonchev–Trinajstić information content (AvgIpc) is 2.35.